The van der Waals surface area contributed by atoms with Crippen molar-refractivity contribution >= 4 is 41.7 Å². The summed E-state index contributed by atoms with van der Waals surface area (Å²) in [6, 6.07) is 6.57. The Morgan fingerprint density at radius 2 is 2.04 bits per heavy atom. The number of benzene rings is 1. The van der Waals surface area contributed by atoms with Crippen LogP contribution in [0.15, 0.2) is 46.8 Å². The molecule has 0 saturated carbocycles. The standard InChI is InChI=1S/C18H25FN6S.HI/c1-4-10-20-18(22-13-17-24-23-14(2)25(17)3)21-11-5-12-26-16-8-6-15(19)7-9-16;/h4,6-9H,1,5,10-13H2,2-3H3,(H2,20,21,22);1H. The van der Waals surface area contributed by atoms with E-state index in [1.165, 1.54) is 12.1 Å². The molecule has 1 aromatic heterocycles. The van der Waals surface area contributed by atoms with E-state index in [0.29, 0.717) is 13.1 Å². The number of nitrogens with one attached hydrogen (secondary N) is 2. The second-order valence-electron chi connectivity index (χ2n) is 5.64. The molecule has 0 spiro atoms. The van der Waals surface area contributed by atoms with E-state index in [4.69, 9.17) is 0 Å². The fraction of sp³-hybridized carbons (Fsp3) is 0.389. The van der Waals surface area contributed by atoms with Gasteiger partial charge in [0.15, 0.2) is 11.8 Å². The van der Waals surface area contributed by atoms with Gasteiger partial charge in [-0.15, -0.1) is 52.5 Å². The lowest BCUT2D eigenvalue weighted by Crippen LogP contribution is -2.38. The predicted octanol–water partition coefficient (Wildman–Crippen LogP) is 3.28. The molecule has 9 heteroatoms. The Kier molecular flexibility index (Phi) is 11.0. The van der Waals surface area contributed by atoms with Crippen LogP contribution in [0.3, 0.4) is 0 Å². The van der Waals surface area contributed by atoms with E-state index in [1.807, 2.05) is 18.5 Å². The van der Waals surface area contributed by atoms with E-state index in [-0.39, 0.29) is 29.8 Å². The average Bonchev–Trinajstić information content (AvgIpc) is 2.96. The SMILES string of the molecule is C=CCNC(=NCc1nnc(C)n1C)NCCCSc1ccc(F)cc1.I. The number of hydrogen-bond donors (Lipinski definition) is 2. The lowest BCUT2D eigenvalue weighted by Gasteiger charge is -2.11. The van der Waals surface area contributed by atoms with Crippen LogP contribution in [0.2, 0.25) is 0 Å². The molecular weight excluding hydrogens is 478 g/mol. The second kappa shape index (κ2) is 12.7. The molecule has 0 bridgehead atoms. The summed E-state index contributed by atoms with van der Waals surface area (Å²) in [5.74, 6) is 3.13. The molecule has 1 heterocycles. The van der Waals surface area contributed by atoms with Crippen molar-refractivity contribution in [1.82, 2.24) is 25.4 Å². The summed E-state index contributed by atoms with van der Waals surface area (Å²) in [5.41, 5.74) is 0. The van der Waals surface area contributed by atoms with Gasteiger partial charge >= 0.3 is 0 Å². The molecule has 27 heavy (non-hydrogen) atoms. The first-order valence-corrected chi connectivity index (χ1v) is 9.45. The van der Waals surface area contributed by atoms with Crippen LogP contribution in [0.25, 0.3) is 0 Å². The number of hydrogen-bond acceptors (Lipinski definition) is 4. The molecule has 0 unspecified atom stereocenters. The molecule has 0 aliphatic heterocycles. The highest BCUT2D eigenvalue weighted by atomic mass is 127. The van der Waals surface area contributed by atoms with E-state index in [9.17, 15) is 4.39 Å². The number of halogens is 2. The number of aromatic nitrogens is 3. The van der Waals surface area contributed by atoms with Gasteiger partial charge in [0.25, 0.3) is 0 Å². The fourth-order valence-corrected chi connectivity index (χ4v) is 2.93. The maximum Gasteiger partial charge on any atom is 0.191 e. The van der Waals surface area contributed by atoms with Gasteiger partial charge in [-0.2, -0.15) is 0 Å². The predicted molar refractivity (Wildman–Crippen MR) is 120 cm³/mol. The minimum Gasteiger partial charge on any atom is -0.356 e. The Hall–Kier alpha value is -1.62. The van der Waals surface area contributed by atoms with E-state index < -0.39 is 0 Å². The molecule has 0 radical (unpaired) electrons. The topological polar surface area (TPSA) is 67.1 Å². The highest BCUT2D eigenvalue weighted by molar-refractivity contribution is 14.0. The monoisotopic (exact) mass is 504 g/mol. The molecule has 2 rings (SSSR count). The third kappa shape index (κ3) is 8.29. The van der Waals surface area contributed by atoms with Crippen molar-refractivity contribution in [3.63, 3.8) is 0 Å². The van der Waals surface area contributed by atoms with Gasteiger partial charge in [-0.1, -0.05) is 6.08 Å². The van der Waals surface area contributed by atoms with Gasteiger partial charge in [0.1, 0.15) is 18.2 Å². The number of guanidine groups is 1. The fourth-order valence-electron chi connectivity index (χ4n) is 2.08. The summed E-state index contributed by atoms with van der Waals surface area (Å²) in [7, 11) is 1.93. The highest BCUT2D eigenvalue weighted by Crippen LogP contribution is 2.18. The van der Waals surface area contributed by atoms with Gasteiger partial charge in [-0.05, 0) is 43.4 Å². The maximum absolute atomic E-state index is 12.9. The third-order valence-corrected chi connectivity index (χ3v) is 4.77. The van der Waals surface area contributed by atoms with Crippen molar-refractivity contribution in [1.29, 1.82) is 0 Å². The molecular formula is C18H26FIN6S. The van der Waals surface area contributed by atoms with E-state index >= 15 is 0 Å². The molecule has 1 aromatic carbocycles. The van der Waals surface area contributed by atoms with Gasteiger partial charge in [0, 0.05) is 25.0 Å². The van der Waals surface area contributed by atoms with Gasteiger partial charge in [-0.25, -0.2) is 9.38 Å². The maximum atomic E-state index is 12.9. The zero-order chi connectivity index (χ0) is 18.8. The number of nitrogens with zero attached hydrogens (tertiary/aromatic N) is 4. The van der Waals surface area contributed by atoms with Crippen molar-refractivity contribution in [2.75, 3.05) is 18.8 Å². The summed E-state index contributed by atoms with van der Waals surface area (Å²) in [5, 5.41) is 14.7. The van der Waals surface area contributed by atoms with Crippen LogP contribution in [0.1, 0.15) is 18.1 Å². The first kappa shape index (κ1) is 23.4. The quantitative estimate of drug-likeness (QED) is 0.137. The van der Waals surface area contributed by atoms with Crippen molar-refractivity contribution in [2.24, 2.45) is 12.0 Å². The van der Waals surface area contributed by atoms with Crippen molar-refractivity contribution in [3.05, 3.63) is 54.4 Å². The van der Waals surface area contributed by atoms with Crippen LogP contribution in [0.5, 0.6) is 0 Å². The summed E-state index contributed by atoms with van der Waals surface area (Å²) < 4.78 is 14.8. The minimum atomic E-state index is -0.205. The molecule has 0 saturated heterocycles. The molecule has 2 N–H and O–H groups in total. The van der Waals surface area contributed by atoms with E-state index in [2.05, 4.69) is 32.4 Å². The van der Waals surface area contributed by atoms with Crippen molar-refractivity contribution in [2.45, 2.75) is 24.8 Å². The van der Waals surface area contributed by atoms with Crippen LogP contribution in [0, 0.1) is 12.7 Å². The largest absolute Gasteiger partial charge is 0.356 e. The number of thioether (sulfide) groups is 1. The first-order chi connectivity index (χ1) is 12.6. The number of rotatable bonds is 9. The molecule has 6 nitrogen and oxygen atoms in total. The second-order valence-corrected chi connectivity index (χ2v) is 6.81. The average molecular weight is 504 g/mol. The third-order valence-electron chi connectivity index (χ3n) is 3.67. The Labute approximate surface area is 181 Å². The van der Waals surface area contributed by atoms with Crippen LogP contribution in [-0.4, -0.2) is 39.6 Å². The van der Waals surface area contributed by atoms with E-state index in [1.54, 1.807) is 30.0 Å². The van der Waals surface area contributed by atoms with Gasteiger partial charge in [0.2, 0.25) is 0 Å². The molecule has 0 fully saturated rings. The van der Waals surface area contributed by atoms with Crippen LogP contribution >= 0.6 is 35.7 Å². The molecule has 148 valence electrons. The zero-order valence-electron chi connectivity index (χ0n) is 15.6. The Balaban J connectivity index is 0.00000364. The van der Waals surface area contributed by atoms with Gasteiger partial charge < -0.3 is 15.2 Å². The highest BCUT2D eigenvalue weighted by Gasteiger charge is 2.05. The number of aryl methyl sites for hydroxylation is 1. The zero-order valence-corrected chi connectivity index (χ0v) is 18.8. The summed E-state index contributed by atoms with van der Waals surface area (Å²) in [6.45, 7) is 7.50. The van der Waals surface area contributed by atoms with Crippen molar-refractivity contribution in [3.8, 4) is 0 Å². The number of aliphatic imine (C=N–C) groups is 1. The summed E-state index contributed by atoms with van der Waals surface area (Å²) >= 11 is 1.71. The van der Waals surface area contributed by atoms with Gasteiger partial charge in [0.05, 0.1) is 0 Å². The molecule has 0 atom stereocenters. The van der Waals surface area contributed by atoms with Gasteiger partial charge in [-0.3, -0.25) is 0 Å². The van der Waals surface area contributed by atoms with Crippen molar-refractivity contribution < 1.29 is 4.39 Å². The molecule has 2 aromatic rings. The van der Waals surface area contributed by atoms with E-state index in [0.717, 1.165) is 41.2 Å². The first-order valence-electron chi connectivity index (χ1n) is 8.46. The smallest absolute Gasteiger partial charge is 0.191 e. The minimum absolute atomic E-state index is 0. The van der Waals surface area contributed by atoms with Crippen LogP contribution in [-0.2, 0) is 13.6 Å². The Morgan fingerprint density at radius 3 is 2.67 bits per heavy atom. The van der Waals surface area contributed by atoms with Crippen LogP contribution in [0.4, 0.5) is 4.39 Å². The lowest BCUT2D eigenvalue weighted by molar-refractivity contribution is 0.626. The molecule has 0 amide bonds. The molecule has 0 aliphatic carbocycles. The Bertz CT molecular complexity index is 732. The normalized spacial score (nSPS) is 11.0. The summed E-state index contributed by atoms with van der Waals surface area (Å²) in [6.07, 6.45) is 2.74. The van der Waals surface area contributed by atoms with Crippen LogP contribution < -0.4 is 10.6 Å². The summed E-state index contributed by atoms with van der Waals surface area (Å²) in [4.78, 5) is 5.62. The Morgan fingerprint density at radius 1 is 1.30 bits per heavy atom. The lowest BCUT2D eigenvalue weighted by atomic mass is 10.4. The molecule has 0 aliphatic rings.